The Morgan fingerprint density at radius 3 is 3.08 bits per heavy atom. The molecule has 3 N–H and O–H groups in total. The molecule has 0 saturated heterocycles. The fourth-order valence-electron chi connectivity index (χ4n) is 1.37. The Morgan fingerprint density at radius 1 is 1.50 bits per heavy atom. The van der Waals surface area contributed by atoms with Gasteiger partial charge >= 0.3 is 0 Å². The second-order valence-corrected chi connectivity index (χ2v) is 2.96. The number of fused-ring (bicyclic) bond motifs is 1. The second kappa shape index (κ2) is 2.60. The van der Waals surface area contributed by atoms with E-state index in [1.807, 2.05) is 25.4 Å². The largest absolute Gasteiger partial charge is 0.360 e. The number of nitrogens with two attached hydrogens (primary N) is 1. The highest BCUT2D eigenvalue weighted by Crippen LogP contribution is 2.20. The molecule has 3 heteroatoms. The fraction of sp³-hybridized carbons (Fsp3) is 0.222. The zero-order chi connectivity index (χ0) is 8.55. The van der Waals surface area contributed by atoms with E-state index >= 15 is 0 Å². The van der Waals surface area contributed by atoms with Crippen LogP contribution >= 0.6 is 0 Å². The average Bonchev–Trinajstić information content (AvgIpc) is 2.49. The van der Waals surface area contributed by atoms with Gasteiger partial charge in [-0.2, -0.15) is 0 Å². The van der Waals surface area contributed by atoms with Gasteiger partial charge in [-0.1, -0.05) is 0 Å². The molecular formula is C9H11N3. The third-order valence-corrected chi connectivity index (χ3v) is 2.00. The maximum absolute atomic E-state index is 5.79. The first kappa shape index (κ1) is 7.31. The lowest BCUT2D eigenvalue weighted by Gasteiger charge is -2.05. The monoisotopic (exact) mass is 161 g/mol. The van der Waals surface area contributed by atoms with Crippen LogP contribution in [0, 0.1) is 0 Å². The van der Waals surface area contributed by atoms with Crippen molar-refractivity contribution in [3.8, 4) is 0 Å². The second-order valence-electron chi connectivity index (χ2n) is 2.96. The van der Waals surface area contributed by atoms with Crippen molar-refractivity contribution in [2.45, 2.75) is 13.0 Å². The molecule has 2 rings (SSSR count). The molecule has 2 heterocycles. The Bertz CT molecular complexity index is 389. The predicted molar refractivity (Wildman–Crippen MR) is 48.7 cm³/mol. The average molecular weight is 161 g/mol. The molecule has 0 bridgehead atoms. The standard InChI is InChI=1S/C9H11N3/c1-6(10)8-4-11-5-9-7(8)2-3-12-9/h2-6,12H,10H2,1H3/t6-/m1/s1. The van der Waals surface area contributed by atoms with E-state index in [2.05, 4.69) is 9.97 Å². The van der Waals surface area contributed by atoms with Crippen molar-refractivity contribution in [2.24, 2.45) is 5.73 Å². The maximum atomic E-state index is 5.79. The van der Waals surface area contributed by atoms with Crippen LogP contribution < -0.4 is 5.73 Å². The summed E-state index contributed by atoms with van der Waals surface area (Å²) < 4.78 is 0. The van der Waals surface area contributed by atoms with Crippen LogP contribution in [0.4, 0.5) is 0 Å². The highest BCUT2D eigenvalue weighted by Gasteiger charge is 2.05. The first-order chi connectivity index (χ1) is 5.79. The van der Waals surface area contributed by atoms with Gasteiger partial charge in [0, 0.05) is 23.8 Å². The van der Waals surface area contributed by atoms with Crippen LogP contribution in [0.15, 0.2) is 24.7 Å². The van der Waals surface area contributed by atoms with Gasteiger partial charge in [0.2, 0.25) is 0 Å². The lowest BCUT2D eigenvalue weighted by atomic mass is 10.1. The molecular weight excluding hydrogens is 150 g/mol. The zero-order valence-electron chi connectivity index (χ0n) is 6.91. The summed E-state index contributed by atoms with van der Waals surface area (Å²) in [5, 5.41) is 1.17. The van der Waals surface area contributed by atoms with Crippen molar-refractivity contribution < 1.29 is 0 Å². The molecule has 1 atom stereocenters. The topological polar surface area (TPSA) is 54.7 Å². The highest BCUT2D eigenvalue weighted by atomic mass is 14.7. The minimum Gasteiger partial charge on any atom is -0.360 e. The fourth-order valence-corrected chi connectivity index (χ4v) is 1.37. The van der Waals surface area contributed by atoms with Gasteiger partial charge in [-0.05, 0) is 18.6 Å². The molecule has 62 valence electrons. The first-order valence-corrected chi connectivity index (χ1v) is 3.95. The van der Waals surface area contributed by atoms with E-state index in [9.17, 15) is 0 Å². The number of hydrogen-bond acceptors (Lipinski definition) is 2. The normalized spacial score (nSPS) is 13.5. The van der Waals surface area contributed by atoms with Crippen LogP contribution in [0.2, 0.25) is 0 Å². The maximum Gasteiger partial charge on any atom is 0.0643 e. The molecule has 3 nitrogen and oxygen atoms in total. The molecule has 0 aliphatic heterocycles. The molecule has 0 aromatic carbocycles. The number of aromatic nitrogens is 2. The van der Waals surface area contributed by atoms with Crippen molar-refractivity contribution in [3.05, 3.63) is 30.2 Å². The molecule has 0 saturated carbocycles. The minimum absolute atomic E-state index is 0.0389. The van der Waals surface area contributed by atoms with Gasteiger partial charge in [0.05, 0.1) is 11.7 Å². The summed E-state index contributed by atoms with van der Waals surface area (Å²) in [7, 11) is 0. The number of rotatable bonds is 1. The Balaban J connectivity index is 2.73. The minimum atomic E-state index is 0.0389. The Kier molecular flexibility index (Phi) is 1.59. The van der Waals surface area contributed by atoms with E-state index in [1.165, 1.54) is 5.39 Å². The predicted octanol–water partition coefficient (Wildman–Crippen LogP) is 1.58. The van der Waals surface area contributed by atoms with Crippen molar-refractivity contribution in [2.75, 3.05) is 0 Å². The quantitative estimate of drug-likeness (QED) is 0.667. The van der Waals surface area contributed by atoms with Gasteiger partial charge in [0.25, 0.3) is 0 Å². The van der Waals surface area contributed by atoms with Crippen LogP contribution in [0.3, 0.4) is 0 Å². The third kappa shape index (κ3) is 0.987. The van der Waals surface area contributed by atoms with E-state index in [1.54, 1.807) is 6.20 Å². The Labute approximate surface area is 70.6 Å². The number of pyridine rings is 1. The molecule has 0 fully saturated rings. The van der Waals surface area contributed by atoms with Crippen LogP contribution in [-0.4, -0.2) is 9.97 Å². The van der Waals surface area contributed by atoms with E-state index < -0.39 is 0 Å². The number of H-pyrrole nitrogens is 1. The number of nitrogens with zero attached hydrogens (tertiary/aromatic N) is 1. The van der Waals surface area contributed by atoms with Crippen molar-refractivity contribution in [3.63, 3.8) is 0 Å². The number of nitrogens with one attached hydrogen (secondary N) is 1. The zero-order valence-corrected chi connectivity index (χ0v) is 6.91. The lowest BCUT2D eigenvalue weighted by Crippen LogP contribution is -2.05. The molecule has 0 aliphatic carbocycles. The van der Waals surface area contributed by atoms with E-state index in [-0.39, 0.29) is 6.04 Å². The SMILES string of the molecule is C[C@@H](N)c1cncc2[nH]ccc12. The summed E-state index contributed by atoms with van der Waals surface area (Å²) in [5.74, 6) is 0. The van der Waals surface area contributed by atoms with Crippen LogP contribution in [0.1, 0.15) is 18.5 Å². The van der Waals surface area contributed by atoms with Gasteiger partial charge in [-0.3, -0.25) is 4.98 Å². The van der Waals surface area contributed by atoms with Crippen LogP contribution in [0.5, 0.6) is 0 Å². The first-order valence-electron chi connectivity index (χ1n) is 3.95. The molecule has 12 heavy (non-hydrogen) atoms. The summed E-state index contributed by atoms with van der Waals surface area (Å²) in [6, 6.07) is 2.06. The highest BCUT2D eigenvalue weighted by molar-refractivity contribution is 5.82. The number of aromatic amines is 1. The molecule has 0 spiro atoms. The van der Waals surface area contributed by atoms with E-state index in [0.29, 0.717) is 0 Å². The molecule has 0 aliphatic rings. The molecule has 0 unspecified atom stereocenters. The van der Waals surface area contributed by atoms with Gasteiger partial charge in [0.15, 0.2) is 0 Å². The van der Waals surface area contributed by atoms with Gasteiger partial charge in [-0.25, -0.2) is 0 Å². The summed E-state index contributed by atoms with van der Waals surface area (Å²) >= 11 is 0. The summed E-state index contributed by atoms with van der Waals surface area (Å²) in [6.45, 7) is 1.96. The van der Waals surface area contributed by atoms with Gasteiger partial charge in [-0.15, -0.1) is 0 Å². The van der Waals surface area contributed by atoms with Gasteiger partial charge < -0.3 is 10.7 Å². The Morgan fingerprint density at radius 2 is 2.33 bits per heavy atom. The summed E-state index contributed by atoms with van der Waals surface area (Å²) in [6.07, 6.45) is 5.53. The van der Waals surface area contributed by atoms with Crippen LogP contribution in [0.25, 0.3) is 10.9 Å². The number of hydrogen-bond donors (Lipinski definition) is 2. The smallest absolute Gasteiger partial charge is 0.0643 e. The molecule has 0 amide bonds. The van der Waals surface area contributed by atoms with E-state index in [4.69, 9.17) is 5.73 Å². The van der Waals surface area contributed by atoms with E-state index in [0.717, 1.165) is 11.1 Å². The third-order valence-electron chi connectivity index (χ3n) is 2.00. The van der Waals surface area contributed by atoms with Crippen molar-refractivity contribution in [1.29, 1.82) is 0 Å². The lowest BCUT2D eigenvalue weighted by molar-refractivity contribution is 0.821. The molecule has 2 aromatic heterocycles. The van der Waals surface area contributed by atoms with Crippen LogP contribution in [-0.2, 0) is 0 Å². The van der Waals surface area contributed by atoms with Gasteiger partial charge in [0.1, 0.15) is 0 Å². The summed E-state index contributed by atoms with van der Waals surface area (Å²) in [5.41, 5.74) is 7.92. The van der Waals surface area contributed by atoms with Crippen molar-refractivity contribution in [1.82, 2.24) is 9.97 Å². The molecule has 2 aromatic rings. The summed E-state index contributed by atoms with van der Waals surface area (Å²) in [4.78, 5) is 7.19. The Hall–Kier alpha value is -1.35. The van der Waals surface area contributed by atoms with Crippen molar-refractivity contribution >= 4 is 10.9 Å². The molecule has 0 radical (unpaired) electrons.